The molecule has 20 heavy (non-hydrogen) atoms. The number of anilines is 1. The van der Waals surface area contributed by atoms with Crippen LogP contribution in [0, 0.1) is 6.92 Å². The molecule has 0 amide bonds. The average Bonchev–Trinajstić information content (AvgIpc) is 3.00. The first-order valence-electron chi connectivity index (χ1n) is 6.26. The molecule has 3 aromatic rings. The minimum absolute atomic E-state index is 0.412. The van der Waals surface area contributed by atoms with Crippen LogP contribution < -0.4 is 5.32 Å². The third-order valence-corrected chi connectivity index (χ3v) is 3.76. The number of benzene rings is 1. The lowest BCUT2D eigenvalue weighted by molar-refractivity contribution is 0.176. The maximum Gasteiger partial charge on any atom is 0.234 e. The number of aryl methyl sites for hydroxylation is 1. The minimum Gasteiger partial charge on any atom is -0.378 e. The lowest BCUT2D eigenvalue weighted by Crippen LogP contribution is -2.02. The zero-order chi connectivity index (χ0) is 13.9. The van der Waals surface area contributed by atoms with Crippen LogP contribution in [0.2, 0.25) is 0 Å². The number of ether oxygens (including phenoxy) is 1. The number of nitrogens with zero attached hydrogens (tertiary/aromatic N) is 4. The summed E-state index contributed by atoms with van der Waals surface area (Å²) in [6.45, 7) is 3.16. The molecule has 0 bridgehead atoms. The molecule has 0 aliphatic heterocycles. The summed E-state index contributed by atoms with van der Waals surface area (Å²) < 4.78 is 6.81. The van der Waals surface area contributed by atoms with Gasteiger partial charge in [0.25, 0.3) is 0 Å². The van der Waals surface area contributed by atoms with Gasteiger partial charge in [0.2, 0.25) is 4.96 Å². The maximum absolute atomic E-state index is 5.07. The van der Waals surface area contributed by atoms with Crippen molar-refractivity contribution in [1.29, 1.82) is 0 Å². The van der Waals surface area contributed by atoms with E-state index in [1.807, 2.05) is 0 Å². The van der Waals surface area contributed by atoms with Crippen LogP contribution in [-0.2, 0) is 17.9 Å². The van der Waals surface area contributed by atoms with Crippen molar-refractivity contribution in [3.05, 3.63) is 40.7 Å². The topological polar surface area (TPSA) is 64.3 Å². The smallest absolute Gasteiger partial charge is 0.234 e. The molecule has 1 aromatic carbocycles. The van der Waals surface area contributed by atoms with Gasteiger partial charge < -0.3 is 10.1 Å². The zero-order valence-corrected chi connectivity index (χ0v) is 12.1. The third-order valence-electron chi connectivity index (χ3n) is 2.87. The summed E-state index contributed by atoms with van der Waals surface area (Å²) in [5.41, 5.74) is 2.33. The van der Waals surface area contributed by atoms with E-state index in [1.54, 1.807) is 11.6 Å². The number of hydrogen-bond donors (Lipinski definition) is 1. The van der Waals surface area contributed by atoms with Gasteiger partial charge in [-0.25, -0.2) is 0 Å². The second kappa shape index (κ2) is 5.56. The Morgan fingerprint density at radius 2 is 2.05 bits per heavy atom. The van der Waals surface area contributed by atoms with Crippen LogP contribution in [0.3, 0.4) is 0 Å². The summed E-state index contributed by atoms with van der Waals surface area (Å²) in [5.74, 6) is 0.723. The van der Waals surface area contributed by atoms with E-state index < -0.39 is 0 Å². The lowest BCUT2D eigenvalue weighted by atomic mass is 10.2. The lowest BCUT2D eigenvalue weighted by Gasteiger charge is -2.03. The molecule has 2 heterocycles. The Morgan fingerprint density at radius 1 is 1.25 bits per heavy atom. The largest absolute Gasteiger partial charge is 0.378 e. The summed E-state index contributed by atoms with van der Waals surface area (Å²) in [4.78, 5) is 0.790. The molecule has 2 aromatic heterocycles. The van der Waals surface area contributed by atoms with Crippen LogP contribution >= 0.6 is 11.3 Å². The molecule has 0 radical (unpaired) electrons. The fraction of sp³-hybridized carbons (Fsp3) is 0.308. The summed E-state index contributed by atoms with van der Waals surface area (Å²) in [7, 11) is 1.63. The van der Waals surface area contributed by atoms with Crippen molar-refractivity contribution < 1.29 is 4.74 Å². The van der Waals surface area contributed by atoms with Crippen LogP contribution in [0.15, 0.2) is 24.3 Å². The molecule has 0 fully saturated rings. The van der Waals surface area contributed by atoms with E-state index in [4.69, 9.17) is 4.74 Å². The van der Waals surface area contributed by atoms with Gasteiger partial charge in [-0.15, -0.1) is 10.2 Å². The maximum atomic E-state index is 5.07. The number of fused-ring (bicyclic) bond motifs is 1. The van der Waals surface area contributed by atoms with Gasteiger partial charge >= 0.3 is 0 Å². The van der Waals surface area contributed by atoms with Gasteiger partial charge in [-0.05, 0) is 19.1 Å². The molecule has 0 unspecified atom stereocenters. The zero-order valence-electron chi connectivity index (χ0n) is 11.3. The normalized spacial score (nSPS) is 11.1. The van der Waals surface area contributed by atoms with Crippen molar-refractivity contribution >= 4 is 22.0 Å². The monoisotopic (exact) mass is 289 g/mol. The molecule has 104 valence electrons. The van der Waals surface area contributed by atoms with Crippen molar-refractivity contribution in [1.82, 2.24) is 19.8 Å². The van der Waals surface area contributed by atoms with Crippen LogP contribution in [0.1, 0.15) is 16.4 Å². The molecule has 6 nitrogen and oxygen atoms in total. The second-order valence-electron chi connectivity index (χ2n) is 4.46. The second-order valence-corrected chi connectivity index (χ2v) is 5.50. The number of aromatic nitrogens is 4. The summed E-state index contributed by atoms with van der Waals surface area (Å²) in [6, 6.07) is 8.28. The fourth-order valence-corrected chi connectivity index (χ4v) is 2.63. The summed E-state index contributed by atoms with van der Waals surface area (Å²) in [5, 5.41) is 16.9. The van der Waals surface area contributed by atoms with E-state index in [2.05, 4.69) is 51.8 Å². The van der Waals surface area contributed by atoms with Gasteiger partial charge in [0.05, 0.1) is 6.54 Å². The molecule has 0 saturated heterocycles. The van der Waals surface area contributed by atoms with Gasteiger partial charge in [0.1, 0.15) is 11.6 Å². The summed E-state index contributed by atoms with van der Waals surface area (Å²) >= 11 is 1.53. The molecule has 0 spiro atoms. The van der Waals surface area contributed by atoms with Crippen LogP contribution in [0.5, 0.6) is 0 Å². The predicted molar refractivity (Wildman–Crippen MR) is 77.9 cm³/mol. The van der Waals surface area contributed by atoms with E-state index in [-0.39, 0.29) is 0 Å². The molecule has 3 rings (SSSR count). The van der Waals surface area contributed by atoms with Crippen LogP contribution in [0.4, 0.5) is 5.69 Å². The predicted octanol–water partition coefficient (Wildman–Crippen LogP) is 2.25. The van der Waals surface area contributed by atoms with Gasteiger partial charge in [0.15, 0.2) is 5.82 Å². The highest BCUT2D eigenvalue weighted by Crippen LogP contribution is 2.16. The SMILES string of the molecule is COCc1nnc2sc(CNc3ccc(C)cc3)nn12. The Morgan fingerprint density at radius 3 is 2.80 bits per heavy atom. The average molecular weight is 289 g/mol. The van der Waals surface area contributed by atoms with Crippen molar-refractivity contribution in [3.63, 3.8) is 0 Å². The Balaban J connectivity index is 1.72. The van der Waals surface area contributed by atoms with Gasteiger partial charge in [-0.3, -0.25) is 0 Å². The fourth-order valence-electron chi connectivity index (χ4n) is 1.84. The molecule has 0 aliphatic rings. The highest BCUT2D eigenvalue weighted by Gasteiger charge is 2.11. The van der Waals surface area contributed by atoms with Crippen molar-refractivity contribution in [3.8, 4) is 0 Å². The van der Waals surface area contributed by atoms with E-state index in [9.17, 15) is 0 Å². The summed E-state index contributed by atoms with van der Waals surface area (Å²) in [6.07, 6.45) is 0. The number of methoxy groups -OCH3 is 1. The first-order chi connectivity index (χ1) is 9.76. The van der Waals surface area contributed by atoms with Crippen molar-refractivity contribution in [2.75, 3.05) is 12.4 Å². The van der Waals surface area contributed by atoms with Crippen LogP contribution in [0.25, 0.3) is 4.96 Å². The molecular formula is C13H15N5OS. The van der Waals surface area contributed by atoms with Crippen molar-refractivity contribution in [2.24, 2.45) is 0 Å². The van der Waals surface area contributed by atoms with E-state index in [1.165, 1.54) is 16.9 Å². The van der Waals surface area contributed by atoms with Gasteiger partial charge in [-0.1, -0.05) is 29.0 Å². The molecular weight excluding hydrogens is 274 g/mol. The molecule has 0 atom stereocenters. The first kappa shape index (κ1) is 13.0. The van der Waals surface area contributed by atoms with E-state index >= 15 is 0 Å². The Kier molecular flexibility index (Phi) is 3.62. The van der Waals surface area contributed by atoms with E-state index in [0.29, 0.717) is 13.2 Å². The molecule has 0 aliphatic carbocycles. The Hall–Kier alpha value is -1.99. The van der Waals surface area contributed by atoms with Gasteiger partial charge in [0, 0.05) is 12.8 Å². The Labute approximate surface area is 120 Å². The van der Waals surface area contributed by atoms with Crippen LogP contribution in [-0.4, -0.2) is 26.9 Å². The quantitative estimate of drug-likeness (QED) is 0.780. The number of nitrogens with one attached hydrogen (secondary N) is 1. The molecule has 1 N–H and O–H groups in total. The molecule has 0 saturated carbocycles. The standard InChI is InChI=1S/C13H15N5OS/c1-9-3-5-10(6-4-9)14-7-12-17-18-11(8-19-2)15-16-13(18)20-12/h3-6,14H,7-8H2,1-2H3. The van der Waals surface area contributed by atoms with Crippen molar-refractivity contribution in [2.45, 2.75) is 20.1 Å². The highest BCUT2D eigenvalue weighted by molar-refractivity contribution is 7.16. The third kappa shape index (κ3) is 2.63. The Bertz CT molecular complexity index is 703. The number of rotatable bonds is 5. The van der Waals surface area contributed by atoms with Gasteiger partial charge in [-0.2, -0.15) is 9.61 Å². The minimum atomic E-state index is 0.412. The molecule has 7 heteroatoms. The van der Waals surface area contributed by atoms with E-state index in [0.717, 1.165) is 21.5 Å². The first-order valence-corrected chi connectivity index (χ1v) is 7.07. The number of hydrogen-bond acceptors (Lipinski definition) is 6. The highest BCUT2D eigenvalue weighted by atomic mass is 32.1.